The SMILES string of the molecule is CCc1nc(C(=O)O)c(-c2ccc(C)c(Cl)c2)s1. The molecule has 1 heterocycles. The lowest BCUT2D eigenvalue weighted by Gasteiger charge is -2.02. The van der Waals surface area contributed by atoms with Crippen molar-refractivity contribution in [3.05, 3.63) is 39.5 Å². The molecule has 3 nitrogen and oxygen atoms in total. The minimum Gasteiger partial charge on any atom is -0.476 e. The van der Waals surface area contributed by atoms with E-state index in [0.717, 1.165) is 22.6 Å². The van der Waals surface area contributed by atoms with Gasteiger partial charge in [0.15, 0.2) is 5.69 Å². The molecule has 0 bridgehead atoms. The van der Waals surface area contributed by atoms with Crippen LogP contribution in [0.4, 0.5) is 0 Å². The van der Waals surface area contributed by atoms with Crippen LogP contribution in [0.2, 0.25) is 5.02 Å². The van der Waals surface area contributed by atoms with Gasteiger partial charge in [0.25, 0.3) is 0 Å². The molecule has 94 valence electrons. The van der Waals surface area contributed by atoms with Crippen molar-refractivity contribution >= 4 is 28.9 Å². The van der Waals surface area contributed by atoms with Crippen molar-refractivity contribution in [2.24, 2.45) is 0 Å². The van der Waals surface area contributed by atoms with E-state index in [0.29, 0.717) is 9.90 Å². The van der Waals surface area contributed by atoms with Crippen LogP contribution in [0.3, 0.4) is 0 Å². The molecule has 2 aromatic rings. The van der Waals surface area contributed by atoms with Crippen molar-refractivity contribution in [3.63, 3.8) is 0 Å². The van der Waals surface area contributed by atoms with Crippen LogP contribution in [-0.4, -0.2) is 16.1 Å². The van der Waals surface area contributed by atoms with E-state index in [1.807, 2.05) is 26.0 Å². The molecule has 0 radical (unpaired) electrons. The summed E-state index contributed by atoms with van der Waals surface area (Å²) in [5, 5.41) is 10.6. The number of nitrogens with zero attached hydrogens (tertiary/aromatic N) is 1. The van der Waals surface area contributed by atoms with E-state index < -0.39 is 5.97 Å². The average Bonchev–Trinajstić information content (AvgIpc) is 2.77. The summed E-state index contributed by atoms with van der Waals surface area (Å²) in [5.41, 5.74) is 1.88. The normalized spacial score (nSPS) is 10.6. The molecular weight excluding hydrogens is 270 g/mol. The van der Waals surface area contributed by atoms with Crippen molar-refractivity contribution in [3.8, 4) is 10.4 Å². The number of halogens is 1. The molecule has 2 rings (SSSR count). The van der Waals surface area contributed by atoms with Crippen molar-refractivity contribution < 1.29 is 9.90 Å². The Kier molecular flexibility index (Phi) is 3.68. The van der Waals surface area contributed by atoms with Gasteiger partial charge in [0.05, 0.1) is 9.88 Å². The van der Waals surface area contributed by atoms with Crippen LogP contribution in [0.1, 0.15) is 28.0 Å². The Morgan fingerprint density at radius 2 is 2.22 bits per heavy atom. The Morgan fingerprint density at radius 1 is 1.50 bits per heavy atom. The molecule has 18 heavy (non-hydrogen) atoms. The largest absolute Gasteiger partial charge is 0.476 e. The summed E-state index contributed by atoms with van der Waals surface area (Å²) in [6, 6.07) is 5.55. The third-order valence-electron chi connectivity index (χ3n) is 2.61. The van der Waals surface area contributed by atoms with Crippen LogP contribution in [0.15, 0.2) is 18.2 Å². The Balaban J connectivity index is 2.58. The summed E-state index contributed by atoms with van der Waals surface area (Å²) in [5.74, 6) is -1.00. The van der Waals surface area contributed by atoms with Gasteiger partial charge in [-0.15, -0.1) is 11.3 Å². The van der Waals surface area contributed by atoms with Gasteiger partial charge in [-0.2, -0.15) is 0 Å². The van der Waals surface area contributed by atoms with Gasteiger partial charge < -0.3 is 5.11 Å². The molecule has 1 N–H and O–H groups in total. The van der Waals surface area contributed by atoms with E-state index >= 15 is 0 Å². The minimum atomic E-state index is -1.00. The van der Waals surface area contributed by atoms with Crippen molar-refractivity contribution in [1.82, 2.24) is 4.98 Å². The molecule has 0 aliphatic rings. The third kappa shape index (κ3) is 2.40. The van der Waals surface area contributed by atoms with Crippen LogP contribution >= 0.6 is 22.9 Å². The fourth-order valence-corrected chi connectivity index (χ4v) is 2.76. The molecule has 0 saturated heterocycles. The van der Waals surface area contributed by atoms with Crippen LogP contribution in [0, 0.1) is 6.92 Å². The monoisotopic (exact) mass is 281 g/mol. The molecule has 0 atom stereocenters. The lowest BCUT2D eigenvalue weighted by Crippen LogP contribution is -1.99. The highest BCUT2D eigenvalue weighted by Gasteiger charge is 2.18. The zero-order chi connectivity index (χ0) is 13.3. The van der Waals surface area contributed by atoms with Crippen LogP contribution in [-0.2, 0) is 6.42 Å². The highest BCUT2D eigenvalue weighted by Crippen LogP contribution is 2.33. The highest BCUT2D eigenvalue weighted by molar-refractivity contribution is 7.15. The first kappa shape index (κ1) is 13.1. The van der Waals surface area contributed by atoms with E-state index in [-0.39, 0.29) is 5.69 Å². The number of aromatic nitrogens is 1. The standard InChI is InChI=1S/C13H12ClNO2S/c1-3-10-15-11(13(16)17)12(18-10)8-5-4-7(2)9(14)6-8/h4-6H,3H2,1-2H3,(H,16,17). The van der Waals surface area contributed by atoms with Gasteiger partial charge in [0, 0.05) is 5.02 Å². The summed E-state index contributed by atoms with van der Waals surface area (Å²) >= 11 is 7.48. The summed E-state index contributed by atoms with van der Waals surface area (Å²) in [7, 11) is 0. The summed E-state index contributed by atoms with van der Waals surface area (Å²) in [4.78, 5) is 16.0. The van der Waals surface area contributed by atoms with Gasteiger partial charge >= 0.3 is 5.97 Å². The Morgan fingerprint density at radius 3 is 2.78 bits per heavy atom. The second-order valence-electron chi connectivity index (χ2n) is 3.91. The van der Waals surface area contributed by atoms with E-state index in [2.05, 4.69) is 4.98 Å². The number of hydrogen-bond acceptors (Lipinski definition) is 3. The van der Waals surface area contributed by atoms with Gasteiger partial charge in [-0.05, 0) is 30.5 Å². The molecule has 0 aliphatic heterocycles. The lowest BCUT2D eigenvalue weighted by molar-refractivity contribution is 0.0692. The maximum atomic E-state index is 11.2. The van der Waals surface area contributed by atoms with E-state index in [1.54, 1.807) is 6.07 Å². The number of aromatic carboxylic acids is 1. The van der Waals surface area contributed by atoms with Gasteiger partial charge in [0.2, 0.25) is 0 Å². The number of thiazole rings is 1. The lowest BCUT2D eigenvalue weighted by atomic mass is 10.1. The van der Waals surface area contributed by atoms with Crippen molar-refractivity contribution in [2.75, 3.05) is 0 Å². The summed E-state index contributed by atoms with van der Waals surface area (Å²) < 4.78 is 0. The Bertz CT molecular complexity index is 607. The molecule has 0 unspecified atom stereocenters. The minimum absolute atomic E-state index is 0.108. The number of rotatable bonds is 3. The number of hydrogen-bond donors (Lipinski definition) is 1. The molecule has 1 aromatic heterocycles. The number of carboxylic acids is 1. The van der Waals surface area contributed by atoms with Crippen LogP contribution in [0.5, 0.6) is 0 Å². The second kappa shape index (κ2) is 5.08. The second-order valence-corrected chi connectivity index (χ2v) is 5.40. The van der Waals surface area contributed by atoms with Gasteiger partial charge in [-0.1, -0.05) is 30.7 Å². The predicted octanol–water partition coefficient (Wildman–Crippen LogP) is 4.03. The topological polar surface area (TPSA) is 50.2 Å². The predicted molar refractivity (Wildman–Crippen MR) is 73.6 cm³/mol. The maximum Gasteiger partial charge on any atom is 0.356 e. The number of aryl methyl sites for hydroxylation is 2. The quantitative estimate of drug-likeness (QED) is 0.924. The van der Waals surface area contributed by atoms with E-state index in [4.69, 9.17) is 11.6 Å². The fraction of sp³-hybridized carbons (Fsp3) is 0.231. The van der Waals surface area contributed by atoms with Gasteiger partial charge in [-0.3, -0.25) is 0 Å². The molecule has 5 heteroatoms. The molecule has 0 amide bonds. The summed E-state index contributed by atoms with van der Waals surface area (Å²) in [6.45, 7) is 3.87. The first-order chi connectivity index (χ1) is 8.52. The first-order valence-electron chi connectivity index (χ1n) is 5.52. The average molecular weight is 282 g/mol. The molecule has 1 aromatic carbocycles. The molecule has 0 aliphatic carbocycles. The molecule has 0 saturated carbocycles. The first-order valence-corrected chi connectivity index (χ1v) is 6.72. The molecule has 0 spiro atoms. The zero-order valence-electron chi connectivity index (χ0n) is 10.0. The van der Waals surface area contributed by atoms with Gasteiger partial charge in [-0.25, -0.2) is 9.78 Å². The number of carbonyl (C=O) groups is 1. The number of benzene rings is 1. The molecular formula is C13H12ClNO2S. The van der Waals surface area contributed by atoms with Crippen LogP contribution in [0.25, 0.3) is 10.4 Å². The highest BCUT2D eigenvalue weighted by atomic mass is 35.5. The van der Waals surface area contributed by atoms with E-state index in [9.17, 15) is 9.90 Å². The van der Waals surface area contributed by atoms with Crippen molar-refractivity contribution in [1.29, 1.82) is 0 Å². The molecule has 0 fully saturated rings. The zero-order valence-corrected chi connectivity index (χ0v) is 11.6. The fourth-order valence-electron chi connectivity index (χ4n) is 1.59. The Labute approximate surface area is 114 Å². The third-order valence-corrected chi connectivity index (χ3v) is 4.27. The van der Waals surface area contributed by atoms with Crippen LogP contribution < -0.4 is 0 Å². The number of carboxylic acid groups (broad SMARTS) is 1. The van der Waals surface area contributed by atoms with E-state index in [1.165, 1.54) is 11.3 Å². The maximum absolute atomic E-state index is 11.2. The van der Waals surface area contributed by atoms with Crippen molar-refractivity contribution in [2.45, 2.75) is 20.3 Å². The smallest absolute Gasteiger partial charge is 0.356 e. The van der Waals surface area contributed by atoms with Gasteiger partial charge in [0.1, 0.15) is 0 Å². The Hall–Kier alpha value is -1.39. The summed E-state index contributed by atoms with van der Waals surface area (Å²) in [6.07, 6.45) is 0.727.